The van der Waals surface area contributed by atoms with Gasteiger partial charge in [-0.1, -0.05) is 30.3 Å². The molecule has 0 spiro atoms. The minimum Gasteiger partial charge on any atom is -0.482 e. The molecule has 0 radical (unpaired) electrons. The Morgan fingerprint density at radius 2 is 1.90 bits per heavy atom. The van der Waals surface area contributed by atoms with Gasteiger partial charge < -0.3 is 20.1 Å². The maximum Gasteiger partial charge on any atom is 0.387 e. The zero-order chi connectivity index (χ0) is 21.8. The van der Waals surface area contributed by atoms with Crippen LogP contribution in [-0.4, -0.2) is 25.0 Å². The summed E-state index contributed by atoms with van der Waals surface area (Å²) in [4.78, 5) is 24.2. The molecule has 0 saturated heterocycles. The van der Waals surface area contributed by atoms with Crippen LogP contribution in [-0.2, 0) is 11.2 Å². The van der Waals surface area contributed by atoms with Gasteiger partial charge in [0.15, 0.2) is 6.61 Å². The SMILES string of the molecule is O=C1COc2ccc(C(=O)Nc3ccc(OC(F)F)c(Cc4ccccc4)c3)cc2N1. The number of amides is 2. The van der Waals surface area contributed by atoms with Gasteiger partial charge in [0.05, 0.1) is 5.69 Å². The second-order valence-corrected chi connectivity index (χ2v) is 6.87. The van der Waals surface area contributed by atoms with Crippen molar-refractivity contribution in [2.24, 2.45) is 0 Å². The lowest BCUT2D eigenvalue weighted by atomic mass is 10.0. The molecule has 158 valence electrons. The van der Waals surface area contributed by atoms with Gasteiger partial charge >= 0.3 is 6.61 Å². The first-order valence-electron chi connectivity index (χ1n) is 9.47. The molecule has 0 aromatic heterocycles. The lowest BCUT2D eigenvalue weighted by Gasteiger charge is -2.18. The van der Waals surface area contributed by atoms with Gasteiger partial charge in [0, 0.05) is 23.2 Å². The molecule has 0 bridgehead atoms. The van der Waals surface area contributed by atoms with Crippen LogP contribution >= 0.6 is 0 Å². The molecule has 3 aromatic rings. The number of nitrogens with one attached hydrogen (secondary N) is 2. The number of carbonyl (C=O) groups excluding carboxylic acids is 2. The Labute approximate surface area is 176 Å². The van der Waals surface area contributed by atoms with E-state index in [0.29, 0.717) is 34.7 Å². The third-order valence-electron chi connectivity index (χ3n) is 4.65. The quantitative estimate of drug-likeness (QED) is 0.613. The number of rotatable bonds is 6. The van der Waals surface area contributed by atoms with Crippen molar-refractivity contribution in [2.45, 2.75) is 13.0 Å². The lowest BCUT2D eigenvalue weighted by molar-refractivity contribution is -0.118. The van der Waals surface area contributed by atoms with Crippen LogP contribution < -0.4 is 20.1 Å². The van der Waals surface area contributed by atoms with Crippen molar-refractivity contribution < 1.29 is 27.8 Å². The van der Waals surface area contributed by atoms with Gasteiger partial charge in [-0.15, -0.1) is 0 Å². The molecular weight excluding hydrogens is 406 g/mol. The predicted octanol–water partition coefficient (Wildman–Crippen LogP) is 4.46. The summed E-state index contributed by atoms with van der Waals surface area (Å²) in [6.07, 6.45) is 0.356. The highest BCUT2D eigenvalue weighted by Gasteiger charge is 2.18. The summed E-state index contributed by atoms with van der Waals surface area (Å²) in [5, 5.41) is 5.40. The summed E-state index contributed by atoms with van der Waals surface area (Å²) in [7, 11) is 0. The molecule has 0 aliphatic carbocycles. The predicted molar refractivity (Wildman–Crippen MR) is 111 cm³/mol. The van der Waals surface area contributed by atoms with Crippen molar-refractivity contribution in [1.82, 2.24) is 0 Å². The summed E-state index contributed by atoms with van der Waals surface area (Å²) < 4.78 is 35.5. The number of fused-ring (bicyclic) bond motifs is 1. The molecule has 1 aliphatic rings. The first-order chi connectivity index (χ1) is 15.0. The minimum atomic E-state index is -2.96. The molecule has 2 N–H and O–H groups in total. The van der Waals surface area contributed by atoms with Crippen molar-refractivity contribution in [1.29, 1.82) is 0 Å². The molecule has 1 heterocycles. The van der Waals surface area contributed by atoms with E-state index in [1.807, 2.05) is 30.3 Å². The van der Waals surface area contributed by atoms with Crippen molar-refractivity contribution in [3.8, 4) is 11.5 Å². The van der Waals surface area contributed by atoms with Crippen LogP contribution in [0.1, 0.15) is 21.5 Å². The Morgan fingerprint density at radius 3 is 2.68 bits per heavy atom. The van der Waals surface area contributed by atoms with Crippen LogP contribution in [0.25, 0.3) is 0 Å². The average Bonchev–Trinajstić information content (AvgIpc) is 2.75. The molecule has 0 saturated carbocycles. The number of anilines is 2. The molecule has 0 unspecified atom stereocenters. The summed E-state index contributed by atoms with van der Waals surface area (Å²) in [6, 6.07) is 18.5. The van der Waals surface area contributed by atoms with E-state index < -0.39 is 12.5 Å². The van der Waals surface area contributed by atoms with Gasteiger partial charge in [-0.05, 0) is 42.0 Å². The van der Waals surface area contributed by atoms with Crippen molar-refractivity contribution >= 4 is 23.2 Å². The normalized spacial score (nSPS) is 12.5. The number of hydrogen-bond acceptors (Lipinski definition) is 4. The standard InChI is InChI=1S/C23H18F2N2O4/c24-23(25)31-19-9-7-17(11-16(19)10-14-4-2-1-3-5-14)26-22(29)15-6-8-20-18(12-15)27-21(28)13-30-20/h1-9,11-12,23H,10,13H2,(H,26,29)(H,27,28). The Kier molecular flexibility index (Phi) is 5.79. The molecule has 31 heavy (non-hydrogen) atoms. The van der Waals surface area contributed by atoms with E-state index >= 15 is 0 Å². The van der Waals surface area contributed by atoms with Gasteiger partial charge in [0.25, 0.3) is 11.8 Å². The van der Waals surface area contributed by atoms with Gasteiger partial charge in [-0.25, -0.2) is 0 Å². The first kappa shape index (κ1) is 20.3. The summed E-state index contributed by atoms with van der Waals surface area (Å²) in [5.74, 6) is -0.193. The van der Waals surface area contributed by atoms with Crippen LogP contribution in [0.3, 0.4) is 0 Å². The van der Waals surface area contributed by atoms with Crippen LogP contribution in [0.2, 0.25) is 0 Å². The van der Waals surface area contributed by atoms with E-state index in [9.17, 15) is 18.4 Å². The minimum absolute atomic E-state index is 0.0468. The number of halogens is 2. The van der Waals surface area contributed by atoms with E-state index in [2.05, 4.69) is 15.4 Å². The number of carbonyl (C=O) groups is 2. The van der Waals surface area contributed by atoms with Gasteiger partial charge in [0.2, 0.25) is 0 Å². The monoisotopic (exact) mass is 424 g/mol. The third kappa shape index (κ3) is 4.98. The highest BCUT2D eigenvalue weighted by Crippen LogP contribution is 2.30. The topological polar surface area (TPSA) is 76.7 Å². The zero-order valence-corrected chi connectivity index (χ0v) is 16.2. The maximum absolute atomic E-state index is 12.8. The van der Waals surface area contributed by atoms with Crippen LogP contribution in [0.4, 0.5) is 20.2 Å². The van der Waals surface area contributed by atoms with E-state index in [4.69, 9.17) is 4.74 Å². The van der Waals surface area contributed by atoms with Crippen LogP contribution in [0, 0.1) is 0 Å². The molecule has 2 amide bonds. The number of hydrogen-bond donors (Lipinski definition) is 2. The molecule has 0 fully saturated rings. The lowest BCUT2D eigenvalue weighted by Crippen LogP contribution is -2.25. The summed E-state index contributed by atoms with van der Waals surface area (Å²) in [5.41, 5.74) is 2.57. The van der Waals surface area contributed by atoms with Crippen LogP contribution in [0.15, 0.2) is 66.7 Å². The van der Waals surface area contributed by atoms with Crippen molar-refractivity contribution in [3.05, 3.63) is 83.4 Å². The summed E-state index contributed by atoms with van der Waals surface area (Å²) >= 11 is 0. The number of ether oxygens (including phenoxy) is 2. The Hall–Kier alpha value is -3.94. The third-order valence-corrected chi connectivity index (χ3v) is 4.65. The molecule has 0 atom stereocenters. The second kappa shape index (κ2) is 8.83. The maximum atomic E-state index is 12.8. The van der Waals surface area contributed by atoms with E-state index in [0.717, 1.165) is 5.56 Å². The molecular formula is C23H18F2N2O4. The second-order valence-electron chi connectivity index (χ2n) is 6.87. The molecule has 8 heteroatoms. The number of benzene rings is 3. The average molecular weight is 424 g/mol. The highest BCUT2D eigenvalue weighted by molar-refractivity contribution is 6.06. The van der Waals surface area contributed by atoms with E-state index in [1.165, 1.54) is 18.2 Å². The fraction of sp³-hybridized carbons (Fsp3) is 0.130. The van der Waals surface area contributed by atoms with Gasteiger partial charge in [0.1, 0.15) is 11.5 Å². The Morgan fingerprint density at radius 1 is 1.10 bits per heavy atom. The number of alkyl halides is 2. The molecule has 4 rings (SSSR count). The largest absolute Gasteiger partial charge is 0.482 e. The molecule has 3 aromatic carbocycles. The van der Waals surface area contributed by atoms with E-state index in [1.54, 1.807) is 18.2 Å². The summed E-state index contributed by atoms with van der Waals surface area (Å²) in [6.45, 7) is -3.03. The Balaban J connectivity index is 1.56. The van der Waals surface area contributed by atoms with Gasteiger partial charge in [-0.3, -0.25) is 9.59 Å². The van der Waals surface area contributed by atoms with Crippen molar-refractivity contribution in [3.63, 3.8) is 0 Å². The van der Waals surface area contributed by atoms with Gasteiger partial charge in [-0.2, -0.15) is 8.78 Å². The fourth-order valence-corrected chi connectivity index (χ4v) is 3.25. The first-order valence-corrected chi connectivity index (χ1v) is 9.47. The molecule has 1 aliphatic heterocycles. The highest BCUT2D eigenvalue weighted by atomic mass is 19.3. The van der Waals surface area contributed by atoms with E-state index in [-0.39, 0.29) is 18.3 Å². The molecule has 6 nitrogen and oxygen atoms in total. The van der Waals surface area contributed by atoms with Crippen molar-refractivity contribution in [2.75, 3.05) is 17.2 Å². The smallest absolute Gasteiger partial charge is 0.387 e. The zero-order valence-electron chi connectivity index (χ0n) is 16.2. The fourth-order valence-electron chi connectivity index (χ4n) is 3.25. The van der Waals surface area contributed by atoms with Crippen LogP contribution in [0.5, 0.6) is 11.5 Å². The Bertz CT molecular complexity index is 1120.